The fraction of sp³-hybridized carbons (Fsp3) is 0.346. The van der Waals surface area contributed by atoms with Gasteiger partial charge in [-0.15, -0.1) is 0 Å². The molecule has 5 heteroatoms. The second-order valence-corrected chi connectivity index (χ2v) is 7.90. The summed E-state index contributed by atoms with van der Waals surface area (Å²) in [5.41, 5.74) is 2.12. The number of hydrogen-bond donors (Lipinski definition) is 1. The number of rotatable bonds is 7. The lowest BCUT2D eigenvalue weighted by molar-refractivity contribution is -0.145. The van der Waals surface area contributed by atoms with Crippen molar-refractivity contribution in [2.75, 3.05) is 20.3 Å². The maximum atomic E-state index is 12.2. The van der Waals surface area contributed by atoms with Gasteiger partial charge in [-0.25, -0.2) is 0 Å². The lowest BCUT2D eigenvalue weighted by Gasteiger charge is -2.40. The van der Waals surface area contributed by atoms with Crippen LogP contribution in [0.2, 0.25) is 0 Å². The smallest absolute Gasteiger partial charge is 0.320 e. The molecule has 1 aliphatic heterocycles. The van der Waals surface area contributed by atoms with E-state index in [0.717, 1.165) is 41.3 Å². The van der Waals surface area contributed by atoms with Crippen LogP contribution in [0.5, 0.6) is 11.5 Å². The highest BCUT2D eigenvalue weighted by atomic mass is 16.5. The van der Waals surface area contributed by atoms with Gasteiger partial charge in [-0.1, -0.05) is 55.0 Å². The number of fused-ring (bicyclic) bond motifs is 1. The maximum Gasteiger partial charge on any atom is 0.320 e. The standard InChI is InChI=1S/C26H29NO4/c1-3-31-24-17-19(14-15-23(24)30-2)25(27-16-7-6-13-22(27)26(28)29)21-12-8-10-18-9-4-5-11-20(18)21/h4-5,8-12,14-15,17,22,25H,3,6-7,13,16H2,1-2H3,(H,28,29). The number of methoxy groups -OCH3 is 1. The third-order valence-corrected chi connectivity index (χ3v) is 6.08. The van der Waals surface area contributed by atoms with E-state index in [4.69, 9.17) is 9.47 Å². The Bertz CT molecular complexity index is 1060. The number of nitrogens with zero attached hydrogens (tertiary/aromatic N) is 1. The molecule has 2 atom stereocenters. The van der Waals surface area contributed by atoms with E-state index in [1.54, 1.807) is 7.11 Å². The van der Waals surface area contributed by atoms with Gasteiger partial charge < -0.3 is 14.6 Å². The number of aliphatic carboxylic acids is 1. The van der Waals surface area contributed by atoms with Crippen LogP contribution in [-0.2, 0) is 4.79 Å². The van der Waals surface area contributed by atoms with Crippen molar-refractivity contribution in [2.45, 2.75) is 38.3 Å². The largest absolute Gasteiger partial charge is 0.493 e. The average Bonchev–Trinajstić information content (AvgIpc) is 2.80. The van der Waals surface area contributed by atoms with Gasteiger partial charge in [-0.3, -0.25) is 9.69 Å². The molecular weight excluding hydrogens is 390 g/mol. The van der Waals surface area contributed by atoms with Crippen LogP contribution in [0.15, 0.2) is 60.7 Å². The minimum Gasteiger partial charge on any atom is -0.493 e. The second-order valence-electron chi connectivity index (χ2n) is 7.90. The molecular formula is C26H29NO4. The zero-order valence-corrected chi connectivity index (χ0v) is 18.1. The number of likely N-dealkylation sites (tertiary alicyclic amines) is 1. The summed E-state index contributed by atoms with van der Waals surface area (Å²) in [4.78, 5) is 14.3. The van der Waals surface area contributed by atoms with Gasteiger partial charge in [-0.05, 0) is 60.3 Å². The van der Waals surface area contributed by atoms with Crippen molar-refractivity contribution in [1.82, 2.24) is 4.90 Å². The van der Waals surface area contributed by atoms with Gasteiger partial charge in [0.15, 0.2) is 11.5 Å². The van der Waals surface area contributed by atoms with Crippen molar-refractivity contribution in [1.29, 1.82) is 0 Å². The fourth-order valence-electron chi connectivity index (χ4n) is 4.70. The molecule has 1 heterocycles. The molecule has 31 heavy (non-hydrogen) atoms. The van der Waals surface area contributed by atoms with Gasteiger partial charge in [-0.2, -0.15) is 0 Å². The van der Waals surface area contributed by atoms with Crippen molar-refractivity contribution < 1.29 is 19.4 Å². The summed E-state index contributed by atoms with van der Waals surface area (Å²) in [5, 5.41) is 12.3. The minimum atomic E-state index is -0.761. The lowest BCUT2D eigenvalue weighted by atomic mass is 9.89. The van der Waals surface area contributed by atoms with E-state index in [-0.39, 0.29) is 6.04 Å². The molecule has 0 radical (unpaired) electrons. The Morgan fingerprint density at radius 1 is 1.10 bits per heavy atom. The monoisotopic (exact) mass is 419 g/mol. The first-order valence-electron chi connectivity index (χ1n) is 10.9. The number of benzene rings is 3. The molecule has 162 valence electrons. The van der Waals surface area contributed by atoms with Crippen molar-refractivity contribution in [3.8, 4) is 11.5 Å². The molecule has 1 aliphatic rings. The minimum absolute atomic E-state index is 0.197. The number of ether oxygens (including phenoxy) is 2. The SMILES string of the molecule is CCOc1cc(C(c2cccc3ccccc23)N2CCCCC2C(=O)O)ccc1OC. The lowest BCUT2D eigenvalue weighted by Crippen LogP contribution is -2.46. The Hall–Kier alpha value is -3.05. The summed E-state index contributed by atoms with van der Waals surface area (Å²) in [5.74, 6) is 0.593. The number of piperidine rings is 1. The van der Waals surface area contributed by atoms with Crippen LogP contribution in [0.25, 0.3) is 10.8 Å². The molecule has 2 unspecified atom stereocenters. The van der Waals surface area contributed by atoms with E-state index in [0.29, 0.717) is 24.5 Å². The summed E-state index contributed by atoms with van der Waals surface area (Å²) in [6.07, 6.45) is 2.58. The highest BCUT2D eigenvalue weighted by Gasteiger charge is 2.36. The van der Waals surface area contributed by atoms with Crippen LogP contribution in [0.3, 0.4) is 0 Å². The van der Waals surface area contributed by atoms with Crippen molar-refractivity contribution in [3.05, 3.63) is 71.8 Å². The summed E-state index contributed by atoms with van der Waals surface area (Å²) in [7, 11) is 1.63. The third kappa shape index (κ3) is 4.23. The molecule has 0 aliphatic carbocycles. The Balaban J connectivity index is 1.91. The summed E-state index contributed by atoms with van der Waals surface area (Å²) in [6, 6.07) is 19.8. The van der Waals surface area contributed by atoms with E-state index in [1.165, 1.54) is 0 Å². The highest BCUT2D eigenvalue weighted by Crippen LogP contribution is 2.40. The van der Waals surface area contributed by atoms with Crippen molar-refractivity contribution >= 4 is 16.7 Å². The first kappa shape index (κ1) is 21.2. The van der Waals surface area contributed by atoms with Crippen LogP contribution in [0.1, 0.15) is 43.4 Å². The topological polar surface area (TPSA) is 59.0 Å². The molecule has 3 aromatic rings. The van der Waals surface area contributed by atoms with Gasteiger partial charge in [0.25, 0.3) is 0 Å². The molecule has 3 aromatic carbocycles. The van der Waals surface area contributed by atoms with E-state index in [1.807, 2.05) is 37.3 Å². The van der Waals surface area contributed by atoms with Crippen LogP contribution >= 0.6 is 0 Å². The Morgan fingerprint density at radius 2 is 1.90 bits per heavy atom. The fourth-order valence-corrected chi connectivity index (χ4v) is 4.70. The Morgan fingerprint density at radius 3 is 2.68 bits per heavy atom. The molecule has 4 rings (SSSR count). The van der Waals surface area contributed by atoms with Crippen molar-refractivity contribution in [2.24, 2.45) is 0 Å². The number of hydrogen-bond acceptors (Lipinski definition) is 4. The highest BCUT2D eigenvalue weighted by molar-refractivity contribution is 5.86. The molecule has 0 amide bonds. The number of carbonyl (C=O) groups is 1. The normalized spacial score (nSPS) is 17.9. The van der Waals surface area contributed by atoms with E-state index < -0.39 is 12.0 Å². The predicted octanol–water partition coefficient (Wildman–Crippen LogP) is 5.28. The Kier molecular flexibility index (Phi) is 6.42. The molecule has 1 saturated heterocycles. The van der Waals surface area contributed by atoms with Crippen LogP contribution in [0.4, 0.5) is 0 Å². The maximum absolute atomic E-state index is 12.2. The molecule has 0 aromatic heterocycles. The van der Waals surface area contributed by atoms with E-state index in [9.17, 15) is 9.90 Å². The van der Waals surface area contributed by atoms with Crippen LogP contribution in [0, 0.1) is 0 Å². The van der Waals surface area contributed by atoms with Crippen LogP contribution in [-0.4, -0.2) is 42.3 Å². The number of carboxylic acids is 1. The molecule has 0 bridgehead atoms. The second kappa shape index (κ2) is 9.40. The van der Waals surface area contributed by atoms with Crippen molar-refractivity contribution in [3.63, 3.8) is 0 Å². The first-order chi connectivity index (χ1) is 15.1. The quantitative estimate of drug-likeness (QED) is 0.565. The summed E-state index contributed by atoms with van der Waals surface area (Å²) < 4.78 is 11.3. The van der Waals surface area contributed by atoms with Gasteiger partial charge >= 0.3 is 5.97 Å². The Labute approximate surface area is 183 Å². The molecule has 5 nitrogen and oxygen atoms in total. The molecule has 1 fully saturated rings. The van der Waals surface area contributed by atoms with E-state index in [2.05, 4.69) is 35.2 Å². The van der Waals surface area contributed by atoms with Gasteiger partial charge in [0.05, 0.1) is 19.8 Å². The predicted molar refractivity (Wildman–Crippen MR) is 122 cm³/mol. The van der Waals surface area contributed by atoms with Gasteiger partial charge in [0.2, 0.25) is 0 Å². The zero-order valence-electron chi connectivity index (χ0n) is 18.1. The zero-order chi connectivity index (χ0) is 21.8. The van der Waals surface area contributed by atoms with Gasteiger partial charge in [0, 0.05) is 0 Å². The average molecular weight is 420 g/mol. The summed E-state index contributed by atoms with van der Waals surface area (Å²) in [6.45, 7) is 3.21. The first-order valence-corrected chi connectivity index (χ1v) is 10.9. The van der Waals surface area contributed by atoms with Crippen LogP contribution < -0.4 is 9.47 Å². The third-order valence-electron chi connectivity index (χ3n) is 6.08. The van der Waals surface area contributed by atoms with Gasteiger partial charge in [0.1, 0.15) is 6.04 Å². The summed E-state index contributed by atoms with van der Waals surface area (Å²) >= 11 is 0. The molecule has 1 N–H and O–H groups in total. The molecule has 0 spiro atoms. The molecule has 0 saturated carbocycles. The number of carboxylic acid groups (broad SMARTS) is 1. The van der Waals surface area contributed by atoms with E-state index >= 15 is 0 Å².